The fraction of sp³-hybridized carbons (Fsp3) is 0.364. The molecular weight excluding hydrogens is 190 g/mol. The van der Waals surface area contributed by atoms with Gasteiger partial charge in [-0.1, -0.05) is 6.07 Å². The SMILES string of the molecule is Cc1nc2cc(CNCO)ccc2n1C. The van der Waals surface area contributed by atoms with Crippen LogP contribution in [0.2, 0.25) is 0 Å². The van der Waals surface area contributed by atoms with Crippen molar-refractivity contribution in [2.75, 3.05) is 6.73 Å². The molecule has 80 valence electrons. The van der Waals surface area contributed by atoms with E-state index in [1.54, 1.807) is 0 Å². The average Bonchev–Trinajstić information content (AvgIpc) is 2.52. The molecule has 1 aromatic carbocycles. The number of aryl methyl sites for hydroxylation is 2. The fourth-order valence-electron chi connectivity index (χ4n) is 1.68. The lowest BCUT2D eigenvalue weighted by molar-refractivity contribution is 0.259. The normalized spacial score (nSPS) is 11.1. The maximum atomic E-state index is 8.66. The highest BCUT2D eigenvalue weighted by atomic mass is 16.3. The summed E-state index contributed by atoms with van der Waals surface area (Å²) >= 11 is 0. The van der Waals surface area contributed by atoms with Crippen molar-refractivity contribution >= 4 is 11.0 Å². The summed E-state index contributed by atoms with van der Waals surface area (Å²) in [5.41, 5.74) is 3.28. The summed E-state index contributed by atoms with van der Waals surface area (Å²) in [5.74, 6) is 1.01. The number of aliphatic hydroxyl groups excluding tert-OH is 1. The molecule has 0 aliphatic rings. The molecule has 4 nitrogen and oxygen atoms in total. The highest BCUT2D eigenvalue weighted by Crippen LogP contribution is 2.16. The first-order valence-electron chi connectivity index (χ1n) is 4.96. The van der Waals surface area contributed by atoms with E-state index >= 15 is 0 Å². The fourth-order valence-corrected chi connectivity index (χ4v) is 1.68. The van der Waals surface area contributed by atoms with Crippen LogP contribution in [0.3, 0.4) is 0 Å². The van der Waals surface area contributed by atoms with Gasteiger partial charge in [0.1, 0.15) is 5.82 Å². The molecule has 2 rings (SSSR count). The third kappa shape index (κ3) is 1.86. The van der Waals surface area contributed by atoms with E-state index < -0.39 is 0 Å². The minimum Gasteiger partial charge on any atom is -0.381 e. The molecule has 0 saturated carbocycles. The highest BCUT2D eigenvalue weighted by Gasteiger charge is 2.04. The van der Waals surface area contributed by atoms with Crippen LogP contribution < -0.4 is 5.32 Å². The van der Waals surface area contributed by atoms with Crippen LogP contribution in [-0.2, 0) is 13.6 Å². The van der Waals surface area contributed by atoms with Gasteiger partial charge < -0.3 is 9.67 Å². The maximum absolute atomic E-state index is 8.66. The van der Waals surface area contributed by atoms with Crippen LogP contribution in [0.5, 0.6) is 0 Å². The van der Waals surface area contributed by atoms with E-state index in [2.05, 4.69) is 20.9 Å². The van der Waals surface area contributed by atoms with Crippen LogP contribution in [0, 0.1) is 6.92 Å². The zero-order chi connectivity index (χ0) is 10.8. The molecule has 2 N–H and O–H groups in total. The van der Waals surface area contributed by atoms with E-state index in [4.69, 9.17) is 5.11 Å². The molecule has 0 amide bonds. The van der Waals surface area contributed by atoms with Crippen LogP contribution in [-0.4, -0.2) is 21.4 Å². The third-order valence-corrected chi connectivity index (χ3v) is 2.61. The van der Waals surface area contributed by atoms with Gasteiger partial charge in [-0.25, -0.2) is 4.98 Å². The number of aromatic nitrogens is 2. The Morgan fingerprint density at radius 2 is 2.27 bits per heavy atom. The van der Waals surface area contributed by atoms with Gasteiger partial charge in [0.25, 0.3) is 0 Å². The van der Waals surface area contributed by atoms with Gasteiger partial charge in [-0.15, -0.1) is 0 Å². The lowest BCUT2D eigenvalue weighted by atomic mass is 10.2. The van der Waals surface area contributed by atoms with E-state index in [-0.39, 0.29) is 6.73 Å². The van der Waals surface area contributed by atoms with Gasteiger partial charge in [-0.05, 0) is 24.6 Å². The Balaban J connectivity index is 2.39. The summed E-state index contributed by atoms with van der Waals surface area (Å²) in [7, 11) is 2.01. The third-order valence-electron chi connectivity index (χ3n) is 2.61. The van der Waals surface area contributed by atoms with Crippen LogP contribution in [0.15, 0.2) is 18.2 Å². The molecule has 0 aliphatic carbocycles. The Morgan fingerprint density at radius 3 is 3.00 bits per heavy atom. The number of aliphatic hydroxyl groups is 1. The quantitative estimate of drug-likeness (QED) is 0.733. The summed E-state index contributed by atoms with van der Waals surface area (Å²) in [5, 5.41) is 11.5. The molecule has 0 saturated heterocycles. The maximum Gasteiger partial charge on any atom is 0.106 e. The number of rotatable bonds is 3. The van der Waals surface area contributed by atoms with Crippen molar-refractivity contribution in [1.82, 2.24) is 14.9 Å². The van der Waals surface area contributed by atoms with Crippen molar-refractivity contribution in [2.24, 2.45) is 7.05 Å². The van der Waals surface area contributed by atoms with E-state index in [0.717, 1.165) is 22.4 Å². The number of nitrogens with zero attached hydrogens (tertiary/aromatic N) is 2. The zero-order valence-corrected chi connectivity index (χ0v) is 8.99. The molecule has 0 fully saturated rings. The van der Waals surface area contributed by atoms with Gasteiger partial charge in [0.05, 0.1) is 17.8 Å². The smallest absolute Gasteiger partial charge is 0.106 e. The summed E-state index contributed by atoms with van der Waals surface area (Å²) in [6, 6.07) is 6.15. The first-order valence-corrected chi connectivity index (χ1v) is 4.96. The van der Waals surface area contributed by atoms with Crippen molar-refractivity contribution < 1.29 is 5.11 Å². The van der Waals surface area contributed by atoms with Crippen molar-refractivity contribution in [3.63, 3.8) is 0 Å². The summed E-state index contributed by atoms with van der Waals surface area (Å²) in [6.45, 7) is 2.66. The minimum atomic E-state index is -0.000711. The Labute approximate surface area is 88.6 Å². The second-order valence-electron chi connectivity index (χ2n) is 3.63. The number of hydrogen-bond acceptors (Lipinski definition) is 3. The summed E-state index contributed by atoms with van der Waals surface area (Å²) < 4.78 is 2.07. The molecule has 4 heteroatoms. The molecule has 1 heterocycles. The predicted octanol–water partition coefficient (Wildman–Crippen LogP) is 0.921. The Bertz CT molecular complexity index is 476. The Kier molecular flexibility index (Phi) is 2.70. The van der Waals surface area contributed by atoms with Crippen molar-refractivity contribution in [3.05, 3.63) is 29.6 Å². The zero-order valence-electron chi connectivity index (χ0n) is 8.99. The molecule has 15 heavy (non-hydrogen) atoms. The van der Waals surface area contributed by atoms with Gasteiger partial charge in [-0.2, -0.15) is 0 Å². The molecule has 1 aromatic heterocycles. The predicted molar refractivity (Wildman–Crippen MR) is 59.4 cm³/mol. The minimum absolute atomic E-state index is 0.000711. The average molecular weight is 205 g/mol. The molecular formula is C11H15N3O. The molecule has 0 radical (unpaired) electrons. The lowest BCUT2D eigenvalue weighted by Gasteiger charge is -2.01. The highest BCUT2D eigenvalue weighted by molar-refractivity contribution is 5.76. The van der Waals surface area contributed by atoms with E-state index in [0.29, 0.717) is 6.54 Å². The molecule has 0 unspecified atom stereocenters. The summed E-state index contributed by atoms with van der Waals surface area (Å²) in [6.07, 6.45) is 0. The monoisotopic (exact) mass is 205 g/mol. The molecule has 0 spiro atoms. The number of imidazole rings is 1. The molecule has 0 aliphatic heterocycles. The van der Waals surface area contributed by atoms with Crippen molar-refractivity contribution in [2.45, 2.75) is 13.5 Å². The van der Waals surface area contributed by atoms with Crippen LogP contribution in [0.4, 0.5) is 0 Å². The van der Waals surface area contributed by atoms with Crippen LogP contribution in [0.25, 0.3) is 11.0 Å². The standard InChI is InChI=1S/C11H15N3O/c1-8-13-10-5-9(6-12-7-15)3-4-11(10)14(8)2/h3-5,12,15H,6-7H2,1-2H3. The van der Waals surface area contributed by atoms with Crippen LogP contribution >= 0.6 is 0 Å². The van der Waals surface area contributed by atoms with E-state index in [1.165, 1.54) is 0 Å². The van der Waals surface area contributed by atoms with Crippen molar-refractivity contribution in [3.8, 4) is 0 Å². The first-order chi connectivity index (χ1) is 7.22. The molecule has 0 bridgehead atoms. The second kappa shape index (κ2) is 4.00. The molecule has 0 atom stereocenters. The Morgan fingerprint density at radius 1 is 1.47 bits per heavy atom. The van der Waals surface area contributed by atoms with Crippen LogP contribution in [0.1, 0.15) is 11.4 Å². The number of hydrogen-bond donors (Lipinski definition) is 2. The summed E-state index contributed by atoms with van der Waals surface area (Å²) in [4.78, 5) is 4.45. The van der Waals surface area contributed by atoms with Gasteiger partial charge in [0.2, 0.25) is 0 Å². The van der Waals surface area contributed by atoms with Gasteiger partial charge in [0.15, 0.2) is 0 Å². The van der Waals surface area contributed by atoms with E-state index in [9.17, 15) is 0 Å². The second-order valence-corrected chi connectivity index (χ2v) is 3.63. The number of fused-ring (bicyclic) bond motifs is 1. The Hall–Kier alpha value is -1.39. The first kappa shape index (κ1) is 10.1. The van der Waals surface area contributed by atoms with Gasteiger partial charge in [-0.3, -0.25) is 5.32 Å². The number of benzene rings is 1. The largest absolute Gasteiger partial charge is 0.381 e. The molecule has 2 aromatic rings. The van der Waals surface area contributed by atoms with E-state index in [1.807, 2.05) is 26.1 Å². The lowest BCUT2D eigenvalue weighted by Crippen LogP contribution is -2.13. The number of nitrogens with one attached hydrogen (secondary N) is 1. The topological polar surface area (TPSA) is 50.1 Å². The van der Waals surface area contributed by atoms with Gasteiger partial charge >= 0.3 is 0 Å². The van der Waals surface area contributed by atoms with Gasteiger partial charge in [0, 0.05) is 13.6 Å². The van der Waals surface area contributed by atoms with Crippen molar-refractivity contribution in [1.29, 1.82) is 0 Å².